The predicted octanol–water partition coefficient (Wildman–Crippen LogP) is 7.78. The Morgan fingerprint density at radius 2 is 1.34 bits per heavy atom. The molecular formula is C30H40O5. The first-order valence-electron chi connectivity index (χ1n) is 12.8. The van der Waals surface area contributed by atoms with Gasteiger partial charge in [0.05, 0.1) is 17.9 Å². The van der Waals surface area contributed by atoms with E-state index < -0.39 is 5.97 Å². The minimum absolute atomic E-state index is 0.0626. The van der Waals surface area contributed by atoms with E-state index >= 15 is 0 Å². The Kier molecular flexibility index (Phi) is 12.7. The summed E-state index contributed by atoms with van der Waals surface area (Å²) in [4.78, 5) is 24.0. The minimum Gasteiger partial charge on any atom is -0.512 e. The number of aliphatic hydroxyl groups is 1. The molecule has 1 N–H and O–H groups in total. The van der Waals surface area contributed by atoms with Gasteiger partial charge < -0.3 is 14.6 Å². The number of hydrogen-bond acceptors (Lipinski definition) is 5. The van der Waals surface area contributed by atoms with Gasteiger partial charge in [0.2, 0.25) is 0 Å². The SMILES string of the molecule is CCCCCCCCCCOc1ccc(C(=O)Oc2ccc(CC/C(C(C)=O)=C(\C)O)cc2)cc1. The maximum absolute atomic E-state index is 12.5. The molecule has 0 radical (unpaired) electrons. The van der Waals surface area contributed by atoms with E-state index in [1.807, 2.05) is 12.1 Å². The number of unbranched alkanes of at least 4 members (excludes halogenated alkanes) is 7. The third-order valence-electron chi connectivity index (χ3n) is 6.02. The second-order valence-electron chi connectivity index (χ2n) is 9.00. The second kappa shape index (κ2) is 15.8. The van der Waals surface area contributed by atoms with E-state index in [1.165, 1.54) is 58.8 Å². The van der Waals surface area contributed by atoms with E-state index in [0.29, 0.717) is 36.3 Å². The molecular weight excluding hydrogens is 440 g/mol. The lowest BCUT2D eigenvalue weighted by molar-refractivity contribution is -0.113. The molecule has 0 atom stereocenters. The fourth-order valence-electron chi connectivity index (χ4n) is 3.88. The van der Waals surface area contributed by atoms with Gasteiger partial charge in [-0.15, -0.1) is 0 Å². The molecule has 0 saturated carbocycles. The van der Waals surface area contributed by atoms with Gasteiger partial charge in [0.15, 0.2) is 5.78 Å². The van der Waals surface area contributed by atoms with Crippen molar-refractivity contribution in [3.05, 3.63) is 71.0 Å². The summed E-state index contributed by atoms with van der Waals surface area (Å²) >= 11 is 0. The zero-order valence-electron chi connectivity index (χ0n) is 21.5. The third kappa shape index (κ3) is 10.8. The second-order valence-corrected chi connectivity index (χ2v) is 9.00. The summed E-state index contributed by atoms with van der Waals surface area (Å²) in [5.74, 6) is 0.721. The maximum Gasteiger partial charge on any atom is 0.343 e. The monoisotopic (exact) mass is 480 g/mol. The van der Waals surface area contributed by atoms with Crippen LogP contribution in [0, 0.1) is 0 Å². The van der Waals surface area contributed by atoms with Crippen LogP contribution in [0.1, 0.15) is 94.5 Å². The number of carbonyl (C=O) groups is 2. The van der Waals surface area contributed by atoms with Crippen molar-refractivity contribution in [1.82, 2.24) is 0 Å². The number of esters is 1. The van der Waals surface area contributed by atoms with Gasteiger partial charge in [-0.1, -0.05) is 64.0 Å². The van der Waals surface area contributed by atoms with Crippen molar-refractivity contribution in [2.45, 2.75) is 85.0 Å². The van der Waals surface area contributed by atoms with Crippen LogP contribution in [-0.2, 0) is 11.2 Å². The first kappa shape index (κ1) is 28.2. The number of aryl methyl sites for hydroxylation is 1. The molecule has 0 saturated heterocycles. The number of allylic oxidation sites excluding steroid dienone is 2. The van der Waals surface area contributed by atoms with Crippen LogP contribution >= 0.6 is 0 Å². The van der Waals surface area contributed by atoms with Crippen molar-refractivity contribution in [2.75, 3.05) is 6.61 Å². The standard InChI is InChI=1S/C30H40O5/c1-4-5-6-7-8-9-10-11-22-34-27-19-15-26(16-20-27)30(33)35-28-17-12-25(13-18-28)14-21-29(23(2)31)24(3)32/h12-13,15-20,31H,4-11,14,21-22H2,1-3H3/b29-23-. The molecule has 0 aromatic heterocycles. The Labute approximate surface area is 210 Å². The zero-order chi connectivity index (χ0) is 25.5. The Bertz CT molecular complexity index is 938. The van der Waals surface area contributed by atoms with E-state index in [0.717, 1.165) is 17.7 Å². The number of hydrogen-bond donors (Lipinski definition) is 1. The van der Waals surface area contributed by atoms with Crippen molar-refractivity contribution in [3.8, 4) is 11.5 Å². The average molecular weight is 481 g/mol. The van der Waals surface area contributed by atoms with Crippen LogP contribution in [0.4, 0.5) is 0 Å². The van der Waals surface area contributed by atoms with Crippen molar-refractivity contribution in [3.63, 3.8) is 0 Å². The Hall–Kier alpha value is -3.08. The fraction of sp³-hybridized carbons (Fsp3) is 0.467. The topological polar surface area (TPSA) is 72.8 Å². The number of Topliss-reactive ketones (excluding diaryl/α,β-unsaturated/α-hetero) is 1. The molecule has 0 unspecified atom stereocenters. The van der Waals surface area contributed by atoms with Gasteiger partial charge in [0.25, 0.3) is 0 Å². The zero-order valence-corrected chi connectivity index (χ0v) is 21.5. The molecule has 0 aliphatic rings. The number of benzene rings is 2. The number of ketones is 1. The largest absolute Gasteiger partial charge is 0.512 e. The summed E-state index contributed by atoms with van der Waals surface area (Å²) < 4.78 is 11.3. The third-order valence-corrected chi connectivity index (χ3v) is 6.02. The quantitative estimate of drug-likeness (QED) is 0.0873. The Morgan fingerprint density at radius 1 is 0.771 bits per heavy atom. The van der Waals surface area contributed by atoms with Crippen LogP contribution in [-0.4, -0.2) is 23.5 Å². The highest BCUT2D eigenvalue weighted by atomic mass is 16.5. The molecule has 0 spiro atoms. The molecule has 0 bridgehead atoms. The lowest BCUT2D eigenvalue weighted by atomic mass is 10.0. The normalized spacial score (nSPS) is 11.6. The summed E-state index contributed by atoms with van der Waals surface area (Å²) in [6.45, 7) is 5.90. The fourth-order valence-corrected chi connectivity index (χ4v) is 3.88. The molecule has 0 heterocycles. The molecule has 2 aromatic carbocycles. The van der Waals surface area contributed by atoms with Gasteiger partial charge in [0, 0.05) is 5.57 Å². The van der Waals surface area contributed by atoms with Gasteiger partial charge in [0.1, 0.15) is 11.5 Å². The molecule has 5 nitrogen and oxygen atoms in total. The predicted molar refractivity (Wildman–Crippen MR) is 140 cm³/mol. The van der Waals surface area contributed by atoms with Crippen molar-refractivity contribution < 1.29 is 24.2 Å². The molecule has 0 fully saturated rings. The lowest BCUT2D eigenvalue weighted by Gasteiger charge is -2.09. The van der Waals surface area contributed by atoms with E-state index in [9.17, 15) is 14.7 Å². The van der Waals surface area contributed by atoms with Crippen molar-refractivity contribution in [1.29, 1.82) is 0 Å². The lowest BCUT2D eigenvalue weighted by Crippen LogP contribution is -2.08. The van der Waals surface area contributed by atoms with E-state index in [-0.39, 0.29) is 11.5 Å². The van der Waals surface area contributed by atoms with Crippen molar-refractivity contribution in [2.24, 2.45) is 0 Å². The highest BCUT2D eigenvalue weighted by Gasteiger charge is 2.11. The van der Waals surface area contributed by atoms with Crippen LogP contribution in [0.5, 0.6) is 11.5 Å². The van der Waals surface area contributed by atoms with Crippen LogP contribution < -0.4 is 9.47 Å². The number of aliphatic hydroxyl groups excluding tert-OH is 1. The van der Waals surface area contributed by atoms with Gasteiger partial charge in [-0.05, 0) is 75.1 Å². The maximum atomic E-state index is 12.5. The molecule has 2 rings (SSSR count). The van der Waals surface area contributed by atoms with Gasteiger partial charge in [-0.3, -0.25) is 4.79 Å². The van der Waals surface area contributed by atoms with Crippen LogP contribution in [0.25, 0.3) is 0 Å². The van der Waals surface area contributed by atoms with Gasteiger partial charge in [-0.2, -0.15) is 0 Å². The van der Waals surface area contributed by atoms with E-state index in [1.54, 1.807) is 36.4 Å². The Balaban J connectivity index is 1.72. The van der Waals surface area contributed by atoms with Crippen LogP contribution in [0.3, 0.4) is 0 Å². The highest BCUT2D eigenvalue weighted by molar-refractivity contribution is 5.93. The summed E-state index contributed by atoms with van der Waals surface area (Å²) in [6.07, 6.45) is 11.2. The molecule has 35 heavy (non-hydrogen) atoms. The van der Waals surface area contributed by atoms with Gasteiger partial charge >= 0.3 is 5.97 Å². The molecule has 0 amide bonds. The number of carbonyl (C=O) groups excluding carboxylic acids is 2. The van der Waals surface area contributed by atoms with Gasteiger partial charge in [-0.25, -0.2) is 4.79 Å². The minimum atomic E-state index is -0.426. The highest BCUT2D eigenvalue weighted by Crippen LogP contribution is 2.19. The van der Waals surface area contributed by atoms with Crippen molar-refractivity contribution >= 4 is 11.8 Å². The first-order chi connectivity index (χ1) is 16.9. The van der Waals surface area contributed by atoms with Crippen LogP contribution in [0.15, 0.2) is 59.9 Å². The first-order valence-corrected chi connectivity index (χ1v) is 12.8. The molecule has 0 aliphatic carbocycles. The summed E-state index contributed by atoms with van der Waals surface area (Å²) in [6, 6.07) is 14.2. The average Bonchev–Trinajstić information content (AvgIpc) is 2.84. The smallest absolute Gasteiger partial charge is 0.343 e. The summed E-state index contributed by atoms with van der Waals surface area (Å²) in [5.41, 5.74) is 1.89. The molecule has 5 heteroatoms. The molecule has 190 valence electrons. The van der Waals surface area contributed by atoms with E-state index in [4.69, 9.17) is 9.47 Å². The summed E-state index contributed by atoms with van der Waals surface area (Å²) in [7, 11) is 0. The number of ether oxygens (including phenoxy) is 2. The molecule has 2 aromatic rings. The van der Waals surface area contributed by atoms with Crippen LogP contribution in [0.2, 0.25) is 0 Å². The summed E-state index contributed by atoms with van der Waals surface area (Å²) in [5, 5.41) is 9.63. The molecule has 0 aliphatic heterocycles. The number of rotatable bonds is 16. The Morgan fingerprint density at radius 3 is 1.91 bits per heavy atom. The van der Waals surface area contributed by atoms with E-state index in [2.05, 4.69) is 6.92 Å².